The summed E-state index contributed by atoms with van der Waals surface area (Å²) in [6, 6.07) is 0.547. The summed E-state index contributed by atoms with van der Waals surface area (Å²) < 4.78 is 5.31. The summed E-state index contributed by atoms with van der Waals surface area (Å²) in [6.45, 7) is 5.20. The van der Waals surface area contributed by atoms with Crippen LogP contribution < -0.4 is 0 Å². The van der Waals surface area contributed by atoms with Crippen LogP contribution in [-0.4, -0.2) is 43.5 Å². The highest BCUT2D eigenvalue weighted by Gasteiger charge is 2.37. The second-order valence-electron chi connectivity index (χ2n) is 6.26. The molecule has 2 fully saturated rings. The summed E-state index contributed by atoms with van der Waals surface area (Å²) in [5, 5.41) is 0. The van der Waals surface area contributed by atoms with Gasteiger partial charge in [-0.15, -0.1) is 0 Å². The van der Waals surface area contributed by atoms with Crippen LogP contribution in [0.2, 0.25) is 0 Å². The molecule has 19 heavy (non-hydrogen) atoms. The highest BCUT2D eigenvalue weighted by atomic mass is 16.5. The van der Waals surface area contributed by atoms with E-state index in [-0.39, 0.29) is 0 Å². The number of ether oxygens (including phenoxy) is 1. The predicted octanol–water partition coefficient (Wildman–Crippen LogP) is 2.88. The Hall–Kier alpha value is -0.410. The van der Waals surface area contributed by atoms with Crippen LogP contribution in [0.15, 0.2) is 0 Å². The minimum absolute atomic E-state index is 0.309. The number of carbonyl (C=O) groups is 1. The van der Waals surface area contributed by atoms with Crippen molar-refractivity contribution in [2.24, 2.45) is 11.8 Å². The van der Waals surface area contributed by atoms with Crippen LogP contribution in [-0.2, 0) is 9.53 Å². The molecular weight excluding hydrogens is 238 g/mol. The van der Waals surface area contributed by atoms with Crippen molar-refractivity contribution in [3.8, 4) is 0 Å². The first-order chi connectivity index (χ1) is 9.26. The molecule has 0 aromatic rings. The molecule has 0 aromatic carbocycles. The number of carbonyl (C=O) groups excluding carboxylic acids is 1. The van der Waals surface area contributed by atoms with E-state index in [0.717, 1.165) is 32.5 Å². The maximum Gasteiger partial charge on any atom is 0.137 e. The molecule has 110 valence electrons. The normalized spacial score (nSPS) is 32.3. The molecule has 2 rings (SSSR count). The van der Waals surface area contributed by atoms with Gasteiger partial charge in [-0.05, 0) is 38.1 Å². The monoisotopic (exact) mass is 267 g/mol. The first kappa shape index (κ1) is 15.0. The van der Waals surface area contributed by atoms with Crippen molar-refractivity contribution in [1.29, 1.82) is 0 Å². The van der Waals surface area contributed by atoms with Crippen molar-refractivity contribution in [3.63, 3.8) is 0 Å². The summed E-state index contributed by atoms with van der Waals surface area (Å²) in [5.41, 5.74) is 0. The van der Waals surface area contributed by atoms with Gasteiger partial charge in [0.1, 0.15) is 5.78 Å². The molecule has 0 amide bonds. The Balaban J connectivity index is 1.89. The van der Waals surface area contributed by atoms with E-state index in [4.69, 9.17) is 4.74 Å². The average Bonchev–Trinajstić information content (AvgIpc) is 2.98. The van der Waals surface area contributed by atoms with E-state index in [9.17, 15) is 4.79 Å². The number of ketones is 1. The lowest BCUT2D eigenvalue weighted by Gasteiger charge is -2.29. The van der Waals surface area contributed by atoms with Gasteiger partial charge in [-0.2, -0.15) is 0 Å². The molecule has 3 nitrogen and oxygen atoms in total. The average molecular weight is 267 g/mol. The lowest BCUT2D eigenvalue weighted by Crippen LogP contribution is -2.39. The fourth-order valence-corrected chi connectivity index (χ4v) is 3.81. The number of methoxy groups -OCH3 is 1. The fourth-order valence-electron chi connectivity index (χ4n) is 3.81. The zero-order valence-electron chi connectivity index (χ0n) is 12.6. The van der Waals surface area contributed by atoms with E-state index in [0.29, 0.717) is 23.7 Å². The molecule has 3 atom stereocenters. The first-order valence-electron chi connectivity index (χ1n) is 8.02. The number of rotatable bonds is 7. The fraction of sp³-hybridized carbons (Fsp3) is 0.938. The molecule has 0 unspecified atom stereocenters. The van der Waals surface area contributed by atoms with Crippen molar-refractivity contribution in [2.75, 3.05) is 26.8 Å². The lowest BCUT2D eigenvalue weighted by atomic mass is 9.90. The summed E-state index contributed by atoms with van der Waals surface area (Å²) in [4.78, 5) is 14.7. The Labute approximate surface area is 117 Å². The molecule has 3 heteroatoms. The summed E-state index contributed by atoms with van der Waals surface area (Å²) >= 11 is 0. The van der Waals surface area contributed by atoms with E-state index in [1.165, 1.54) is 32.1 Å². The van der Waals surface area contributed by atoms with Crippen molar-refractivity contribution in [3.05, 3.63) is 0 Å². The third kappa shape index (κ3) is 3.79. The number of nitrogens with zero attached hydrogens (tertiary/aromatic N) is 1. The van der Waals surface area contributed by atoms with Gasteiger partial charge in [0.25, 0.3) is 0 Å². The molecule has 0 aromatic heterocycles. The Morgan fingerprint density at radius 3 is 2.95 bits per heavy atom. The zero-order valence-corrected chi connectivity index (χ0v) is 12.6. The highest BCUT2D eigenvalue weighted by Crippen LogP contribution is 2.34. The van der Waals surface area contributed by atoms with E-state index in [2.05, 4.69) is 11.8 Å². The Bertz CT molecular complexity index is 292. The van der Waals surface area contributed by atoms with Gasteiger partial charge in [0.05, 0.1) is 6.61 Å². The number of unbranched alkanes of at least 4 members (excludes halogenated alkanes) is 1. The van der Waals surface area contributed by atoms with Gasteiger partial charge in [0.2, 0.25) is 0 Å². The molecule has 2 aliphatic rings. The Morgan fingerprint density at radius 2 is 2.21 bits per heavy atom. The van der Waals surface area contributed by atoms with Gasteiger partial charge in [-0.3, -0.25) is 9.69 Å². The van der Waals surface area contributed by atoms with Crippen LogP contribution in [0.5, 0.6) is 0 Å². The second kappa shape index (κ2) is 7.39. The summed E-state index contributed by atoms with van der Waals surface area (Å²) in [6.07, 6.45) is 8.20. The minimum Gasteiger partial charge on any atom is -0.383 e. The molecule has 1 aliphatic heterocycles. The van der Waals surface area contributed by atoms with Crippen LogP contribution in [0.25, 0.3) is 0 Å². The molecule has 1 aliphatic carbocycles. The number of hydrogen-bond donors (Lipinski definition) is 0. The van der Waals surface area contributed by atoms with E-state index in [1.807, 2.05) is 0 Å². The third-order valence-electron chi connectivity index (χ3n) is 4.96. The zero-order chi connectivity index (χ0) is 13.7. The SMILES string of the molecule is CCCC[C@H]1CCC(=O)[C@@H]1CN1CCC[C@H]1COC. The van der Waals surface area contributed by atoms with Crippen LogP contribution in [0.1, 0.15) is 51.9 Å². The van der Waals surface area contributed by atoms with Gasteiger partial charge in [0, 0.05) is 32.0 Å². The maximum absolute atomic E-state index is 12.1. The smallest absolute Gasteiger partial charge is 0.137 e. The molecule has 1 heterocycles. The molecule has 0 bridgehead atoms. The summed E-state index contributed by atoms with van der Waals surface area (Å²) in [7, 11) is 1.78. The predicted molar refractivity (Wildman–Crippen MR) is 77.2 cm³/mol. The molecule has 0 radical (unpaired) electrons. The molecule has 0 spiro atoms. The van der Waals surface area contributed by atoms with E-state index in [1.54, 1.807) is 7.11 Å². The van der Waals surface area contributed by atoms with Crippen LogP contribution in [0.4, 0.5) is 0 Å². The number of likely N-dealkylation sites (tertiary alicyclic amines) is 1. The molecule has 1 saturated carbocycles. The Morgan fingerprint density at radius 1 is 1.37 bits per heavy atom. The second-order valence-corrected chi connectivity index (χ2v) is 6.26. The third-order valence-corrected chi connectivity index (χ3v) is 4.96. The van der Waals surface area contributed by atoms with E-state index >= 15 is 0 Å². The van der Waals surface area contributed by atoms with Gasteiger partial charge >= 0.3 is 0 Å². The van der Waals surface area contributed by atoms with Gasteiger partial charge < -0.3 is 4.74 Å². The van der Waals surface area contributed by atoms with Crippen molar-refractivity contribution in [1.82, 2.24) is 4.90 Å². The van der Waals surface area contributed by atoms with Crippen molar-refractivity contribution in [2.45, 2.75) is 57.9 Å². The van der Waals surface area contributed by atoms with Gasteiger partial charge in [0.15, 0.2) is 0 Å². The summed E-state index contributed by atoms with van der Waals surface area (Å²) in [5.74, 6) is 1.48. The molecule has 1 saturated heterocycles. The largest absolute Gasteiger partial charge is 0.383 e. The first-order valence-corrected chi connectivity index (χ1v) is 8.02. The van der Waals surface area contributed by atoms with E-state index < -0.39 is 0 Å². The van der Waals surface area contributed by atoms with Crippen LogP contribution in [0, 0.1) is 11.8 Å². The van der Waals surface area contributed by atoms with Crippen molar-refractivity contribution < 1.29 is 9.53 Å². The number of Topliss-reactive ketones (excluding diaryl/α,β-unsaturated/α-hetero) is 1. The lowest BCUT2D eigenvalue weighted by molar-refractivity contribution is -0.122. The highest BCUT2D eigenvalue weighted by molar-refractivity contribution is 5.83. The topological polar surface area (TPSA) is 29.5 Å². The minimum atomic E-state index is 0.309. The van der Waals surface area contributed by atoms with Crippen molar-refractivity contribution >= 4 is 5.78 Å². The van der Waals surface area contributed by atoms with Gasteiger partial charge in [-0.1, -0.05) is 19.8 Å². The molecule has 0 N–H and O–H groups in total. The maximum atomic E-state index is 12.1. The van der Waals surface area contributed by atoms with Crippen LogP contribution >= 0.6 is 0 Å². The Kier molecular flexibility index (Phi) is 5.83. The molecular formula is C16H29NO2. The number of hydrogen-bond acceptors (Lipinski definition) is 3. The van der Waals surface area contributed by atoms with Crippen LogP contribution in [0.3, 0.4) is 0 Å². The standard InChI is InChI=1S/C16H29NO2/c1-3-4-6-13-8-9-16(18)15(13)11-17-10-5-7-14(17)12-19-2/h13-15H,3-12H2,1-2H3/t13-,14-,15+/m0/s1. The van der Waals surface area contributed by atoms with Gasteiger partial charge in [-0.25, -0.2) is 0 Å². The quantitative estimate of drug-likeness (QED) is 0.710.